The predicted octanol–water partition coefficient (Wildman–Crippen LogP) is 1.94. The zero-order valence-corrected chi connectivity index (χ0v) is 12.0. The van der Waals surface area contributed by atoms with Crippen molar-refractivity contribution in [1.82, 2.24) is 15.1 Å². The second-order valence-corrected chi connectivity index (χ2v) is 5.27. The van der Waals surface area contributed by atoms with Crippen LogP contribution in [0, 0.1) is 0 Å². The van der Waals surface area contributed by atoms with Crippen LogP contribution in [0.5, 0.6) is 0 Å². The Bertz CT molecular complexity index is 234. The molecule has 1 saturated heterocycles. The molecule has 1 fully saturated rings. The van der Waals surface area contributed by atoms with Gasteiger partial charge < -0.3 is 10.2 Å². The molecule has 114 valence electrons. The van der Waals surface area contributed by atoms with Crippen LogP contribution in [0.3, 0.4) is 0 Å². The Labute approximate surface area is 114 Å². The standard InChI is InChI=1S/C13H26F3N3/c1-3-12(17-2)5-4-6-18-7-9-19(10-8-18)11-13(14,15)16/h12,17H,3-11H2,1-2H3. The Kier molecular flexibility index (Phi) is 7.10. The van der Waals surface area contributed by atoms with Crippen molar-refractivity contribution in [3.05, 3.63) is 0 Å². The molecule has 0 bridgehead atoms. The third-order valence-corrected chi connectivity index (χ3v) is 3.80. The SMILES string of the molecule is CCC(CCCN1CCN(CC(F)(F)F)CC1)NC. The third kappa shape index (κ3) is 7.13. The van der Waals surface area contributed by atoms with E-state index in [-0.39, 0.29) is 0 Å². The smallest absolute Gasteiger partial charge is 0.317 e. The van der Waals surface area contributed by atoms with Gasteiger partial charge in [-0.25, -0.2) is 0 Å². The largest absolute Gasteiger partial charge is 0.401 e. The summed E-state index contributed by atoms with van der Waals surface area (Å²) in [6.45, 7) is 4.97. The normalized spacial score (nSPS) is 20.7. The molecule has 1 aliphatic heterocycles. The average Bonchev–Trinajstić information content (AvgIpc) is 2.35. The number of hydrogen-bond acceptors (Lipinski definition) is 3. The summed E-state index contributed by atoms with van der Waals surface area (Å²) in [6.07, 6.45) is -0.701. The van der Waals surface area contributed by atoms with E-state index in [2.05, 4.69) is 17.1 Å². The first-order valence-electron chi connectivity index (χ1n) is 7.13. The first-order valence-corrected chi connectivity index (χ1v) is 7.13. The van der Waals surface area contributed by atoms with E-state index >= 15 is 0 Å². The number of nitrogens with one attached hydrogen (secondary N) is 1. The summed E-state index contributed by atoms with van der Waals surface area (Å²) in [4.78, 5) is 3.77. The highest BCUT2D eigenvalue weighted by Gasteiger charge is 2.31. The molecule has 0 saturated carbocycles. The maximum atomic E-state index is 12.2. The molecule has 0 aliphatic carbocycles. The fourth-order valence-corrected chi connectivity index (χ4v) is 2.54. The van der Waals surface area contributed by atoms with E-state index in [0.29, 0.717) is 19.1 Å². The van der Waals surface area contributed by atoms with Crippen LogP contribution in [-0.2, 0) is 0 Å². The molecule has 1 aliphatic rings. The topological polar surface area (TPSA) is 18.5 Å². The van der Waals surface area contributed by atoms with Crippen LogP contribution in [0.4, 0.5) is 13.2 Å². The second-order valence-electron chi connectivity index (χ2n) is 5.27. The van der Waals surface area contributed by atoms with Crippen molar-refractivity contribution in [3.8, 4) is 0 Å². The Morgan fingerprint density at radius 2 is 1.68 bits per heavy atom. The van der Waals surface area contributed by atoms with E-state index in [4.69, 9.17) is 0 Å². The number of piperazine rings is 1. The van der Waals surface area contributed by atoms with E-state index in [1.165, 1.54) is 4.90 Å². The quantitative estimate of drug-likeness (QED) is 0.769. The summed E-state index contributed by atoms with van der Waals surface area (Å²) in [5.41, 5.74) is 0. The molecule has 0 radical (unpaired) electrons. The molecule has 3 nitrogen and oxygen atoms in total. The zero-order chi connectivity index (χ0) is 14.3. The van der Waals surface area contributed by atoms with Gasteiger partial charge in [-0.05, 0) is 32.9 Å². The maximum absolute atomic E-state index is 12.2. The van der Waals surface area contributed by atoms with Gasteiger partial charge in [-0.3, -0.25) is 4.90 Å². The van der Waals surface area contributed by atoms with E-state index in [1.807, 2.05) is 7.05 Å². The summed E-state index contributed by atoms with van der Waals surface area (Å²) in [5.74, 6) is 0. The van der Waals surface area contributed by atoms with Gasteiger partial charge in [-0.2, -0.15) is 13.2 Å². The van der Waals surface area contributed by atoms with Crippen molar-refractivity contribution in [2.24, 2.45) is 0 Å². The summed E-state index contributed by atoms with van der Waals surface area (Å²) in [6, 6.07) is 0.562. The van der Waals surface area contributed by atoms with Gasteiger partial charge in [0.1, 0.15) is 0 Å². The van der Waals surface area contributed by atoms with Gasteiger partial charge in [0.15, 0.2) is 0 Å². The van der Waals surface area contributed by atoms with Gasteiger partial charge in [0.25, 0.3) is 0 Å². The Balaban J connectivity index is 2.13. The highest BCUT2D eigenvalue weighted by atomic mass is 19.4. The molecule has 1 rings (SSSR count). The van der Waals surface area contributed by atoms with Crippen LogP contribution in [-0.4, -0.2) is 68.3 Å². The van der Waals surface area contributed by atoms with Gasteiger partial charge in [0.05, 0.1) is 6.54 Å². The van der Waals surface area contributed by atoms with Gasteiger partial charge in [-0.1, -0.05) is 6.92 Å². The van der Waals surface area contributed by atoms with Gasteiger partial charge in [0, 0.05) is 32.2 Å². The lowest BCUT2D eigenvalue weighted by Gasteiger charge is -2.35. The molecular weight excluding hydrogens is 255 g/mol. The lowest BCUT2D eigenvalue weighted by atomic mass is 10.1. The van der Waals surface area contributed by atoms with E-state index in [0.717, 1.165) is 38.9 Å². The van der Waals surface area contributed by atoms with E-state index in [9.17, 15) is 13.2 Å². The fourth-order valence-electron chi connectivity index (χ4n) is 2.54. The first-order chi connectivity index (χ1) is 8.94. The van der Waals surface area contributed by atoms with Crippen LogP contribution >= 0.6 is 0 Å². The highest BCUT2D eigenvalue weighted by Crippen LogP contribution is 2.17. The first kappa shape index (κ1) is 16.7. The molecule has 0 aromatic rings. The number of hydrogen-bond donors (Lipinski definition) is 1. The predicted molar refractivity (Wildman–Crippen MR) is 71.3 cm³/mol. The van der Waals surface area contributed by atoms with Crippen molar-refractivity contribution in [2.45, 2.75) is 38.4 Å². The van der Waals surface area contributed by atoms with Crippen molar-refractivity contribution < 1.29 is 13.2 Å². The minimum absolute atomic E-state index is 0.531. The number of nitrogens with zero attached hydrogens (tertiary/aromatic N) is 2. The van der Waals surface area contributed by atoms with Crippen molar-refractivity contribution in [2.75, 3.05) is 46.3 Å². The molecule has 1 heterocycles. The third-order valence-electron chi connectivity index (χ3n) is 3.80. The Morgan fingerprint density at radius 1 is 1.11 bits per heavy atom. The highest BCUT2D eigenvalue weighted by molar-refractivity contribution is 4.74. The van der Waals surface area contributed by atoms with Crippen LogP contribution in [0.1, 0.15) is 26.2 Å². The number of halogens is 3. The lowest BCUT2D eigenvalue weighted by Crippen LogP contribution is -2.49. The maximum Gasteiger partial charge on any atom is 0.401 e. The minimum atomic E-state index is -4.07. The van der Waals surface area contributed by atoms with Crippen LogP contribution < -0.4 is 5.32 Å². The molecular formula is C13H26F3N3. The van der Waals surface area contributed by atoms with Gasteiger partial charge >= 0.3 is 6.18 Å². The van der Waals surface area contributed by atoms with E-state index < -0.39 is 12.7 Å². The number of alkyl halides is 3. The van der Waals surface area contributed by atoms with Gasteiger partial charge in [-0.15, -0.1) is 0 Å². The summed E-state index contributed by atoms with van der Waals surface area (Å²) in [7, 11) is 1.98. The zero-order valence-electron chi connectivity index (χ0n) is 12.0. The Hall–Kier alpha value is -0.330. The van der Waals surface area contributed by atoms with Crippen molar-refractivity contribution in [1.29, 1.82) is 0 Å². The molecule has 1 N–H and O–H groups in total. The van der Waals surface area contributed by atoms with Crippen molar-refractivity contribution in [3.63, 3.8) is 0 Å². The van der Waals surface area contributed by atoms with Gasteiger partial charge in [0.2, 0.25) is 0 Å². The minimum Gasteiger partial charge on any atom is -0.317 e. The van der Waals surface area contributed by atoms with Crippen LogP contribution in [0.2, 0.25) is 0 Å². The Morgan fingerprint density at radius 3 is 2.16 bits per heavy atom. The van der Waals surface area contributed by atoms with Crippen molar-refractivity contribution >= 4 is 0 Å². The molecule has 6 heteroatoms. The molecule has 0 aromatic heterocycles. The molecule has 0 aromatic carbocycles. The summed E-state index contributed by atoms with van der Waals surface area (Å²) < 4.78 is 36.7. The summed E-state index contributed by atoms with van der Waals surface area (Å²) in [5, 5.41) is 3.27. The van der Waals surface area contributed by atoms with Crippen LogP contribution in [0.25, 0.3) is 0 Å². The van der Waals surface area contributed by atoms with E-state index in [1.54, 1.807) is 0 Å². The molecule has 0 spiro atoms. The lowest BCUT2D eigenvalue weighted by molar-refractivity contribution is -0.149. The molecule has 1 atom stereocenters. The molecule has 19 heavy (non-hydrogen) atoms. The fraction of sp³-hybridized carbons (Fsp3) is 1.00. The second kappa shape index (κ2) is 8.07. The number of rotatable bonds is 7. The average molecular weight is 281 g/mol. The van der Waals surface area contributed by atoms with Crippen LogP contribution in [0.15, 0.2) is 0 Å². The summed E-state index contributed by atoms with van der Waals surface area (Å²) >= 11 is 0. The molecule has 1 unspecified atom stereocenters. The molecule has 0 amide bonds. The monoisotopic (exact) mass is 281 g/mol.